The van der Waals surface area contributed by atoms with Gasteiger partial charge >= 0.3 is 12.0 Å². The molecule has 5 aromatic rings. The molecule has 10 heteroatoms. The molecule has 4 aromatic carbocycles. The van der Waals surface area contributed by atoms with Crippen molar-refractivity contribution in [3.63, 3.8) is 0 Å². The first-order valence-corrected chi connectivity index (χ1v) is 16.1. The number of amides is 3. The number of fused-ring (bicyclic) bond motifs is 1. The van der Waals surface area contributed by atoms with Crippen LogP contribution >= 0.6 is 0 Å². The number of piperidine rings is 1. The third kappa shape index (κ3) is 7.34. The number of rotatable bonds is 10. The standard InChI is InChI=1S/C38H39N5O5/c1-25(2)40-38(47)41-29-16-18-31(19-17-29)48-43(30-8-4-3-5-9-30)36(44)27-14-12-26(13-15-27)35(42-22-20-28(21-23-42)37(45)46)33-24-39-34-11-7-6-10-32(33)34/h3-19,24-25,28,35,39H,20-23H2,1-2H3,(H,45,46)(H2,40,41,47). The Morgan fingerprint density at radius 2 is 1.54 bits per heavy atom. The number of carbonyl (C=O) groups is 3. The summed E-state index contributed by atoms with van der Waals surface area (Å²) >= 11 is 0. The Morgan fingerprint density at radius 3 is 2.21 bits per heavy atom. The zero-order chi connectivity index (χ0) is 33.6. The number of carbonyl (C=O) groups excluding carboxylic acids is 2. The molecule has 3 amide bonds. The first-order valence-electron chi connectivity index (χ1n) is 16.1. The van der Waals surface area contributed by atoms with Gasteiger partial charge in [0, 0.05) is 34.4 Å². The van der Waals surface area contributed by atoms with E-state index in [4.69, 9.17) is 4.84 Å². The van der Waals surface area contributed by atoms with Gasteiger partial charge in [-0.15, -0.1) is 5.06 Å². The summed E-state index contributed by atoms with van der Waals surface area (Å²) in [5.41, 5.74) is 4.72. The van der Waals surface area contributed by atoms with Crippen LogP contribution in [0.3, 0.4) is 0 Å². The smallest absolute Gasteiger partial charge is 0.319 e. The van der Waals surface area contributed by atoms with Gasteiger partial charge in [0.1, 0.15) is 0 Å². The van der Waals surface area contributed by atoms with E-state index in [1.807, 2.05) is 80.7 Å². The van der Waals surface area contributed by atoms with Crippen molar-refractivity contribution < 1.29 is 24.3 Å². The highest BCUT2D eigenvalue weighted by Crippen LogP contribution is 2.36. The molecule has 1 aromatic heterocycles. The minimum Gasteiger partial charge on any atom is -0.481 e. The molecular formula is C38H39N5O5. The number of hydroxylamine groups is 1. The number of nitrogens with one attached hydrogen (secondary N) is 3. The van der Waals surface area contributed by atoms with Gasteiger partial charge < -0.3 is 25.6 Å². The third-order valence-corrected chi connectivity index (χ3v) is 8.54. The van der Waals surface area contributed by atoms with Crippen molar-refractivity contribution >= 4 is 40.2 Å². The monoisotopic (exact) mass is 645 g/mol. The van der Waals surface area contributed by atoms with Crippen LogP contribution in [0.4, 0.5) is 16.2 Å². The molecule has 246 valence electrons. The predicted octanol–water partition coefficient (Wildman–Crippen LogP) is 7.22. The second-order valence-electron chi connectivity index (χ2n) is 12.3. The van der Waals surface area contributed by atoms with Gasteiger partial charge in [-0.3, -0.25) is 14.5 Å². The summed E-state index contributed by atoms with van der Waals surface area (Å²) in [7, 11) is 0. The van der Waals surface area contributed by atoms with Crippen LogP contribution in [-0.2, 0) is 4.79 Å². The summed E-state index contributed by atoms with van der Waals surface area (Å²) in [6.45, 7) is 5.06. The molecule has 2 heterocycles. The molecule has 0 aliphatic carbocycles. The molecule has 4 N–H and O–H groups in total. The number of aromatic nitrogens is 1. The van der Waals surface area contributed by atoms with Crippen LogP contribution in [0, 0.1) is 5.92 Å². The number of aliphatic carboxylic acids is 1. The minimum atomic E-state index is -0.743. The van der Waals surface area contributed by atoms with Gasteiger partial charge in [-0.2, -0.15) is 0 Å². The second-order valence-corrected chi connectivity index (χ2v) is 12.3. The zero-order valence-corrected chi connectivity index (χ0v) is 26.9. The molecular weight excluding hydrogens is 606 g/mol. The van der Waals surface area contributed by atoms with Crippen LogP contribution in [0.5, 0.6) is 5.75 Å². The molecule has 0 radical (unpaired) electrons. The number of likely N-dealkylation sites (tertiary alicyclic amines) is 1. The number of urea groups is 1. The summed E-state index contributed by atoms with van der Waals surface area (Å²) in [6.07, 6.45) is 3.19. The van der Waals surface area contributed by atoms with Crippen molar-refractivity contribution in [1.29, 1.82) is 0 Å². The van der Waals surface area contributed by atoms with E-state index >= 15 is 0 Å². The highest BCUT2D eigenvalue weighted by atomic mass is 16.7. The van der Waals surface area contributed by atoms with E-state index in [2.05, 4.69) is 26.6 Å². The number of benzene rings is 4. The highest BCUT2D eigenvalue weighted by molar-refractivity contribution is 6.05. The SMILES string of the molecule is CC(C)NC(=O)Nc1ccc(ON(C(=O)c2ccc(C(c3c[nH]c4ccccc34)N3CCC(C(=O)O)CC3)cc2)c2ccccc2)cc1. The zero-order valence-electron chi connectivity index (χ0n) is 26.9. The van der Waals surface area contributed by atoms with E-state index in [1.165, 1.54) is 5.06 Å². The topological polar surface area (TPSA) is 127 Å². The lowest BCUT2D eigenvalue weighted by atomic mass is 9.91. The maximum atomic E-state index is 14.0. The van der Waals surface area contributed by atoms with E-state index in [1.54, 1.807) is 36.4 Å². The molecule has 1 aliphatic heterocycles. The van der Waals surface area contributed by atoms with E-state index < -0.39 is 5.97 Å². The summed E-state index contributed by atoms with van der Waals surface area (Å²) in [5, 5.41) is 17.5. The number of anilines is 2. The van der Waals surface area contributed by atoms with Gasteiger partial charge in [-0.05, 0) is 106 Å². The fraction of sp³-hybridized carbons (Fsp3) is 0.237. The molecule has 0 spiro atoms. The summed E-state index contributed by atoms with van der Waals surface area (Å²) in [5.74, 6) is -1.02. The summed E-state index contributed by atoms with van der Waals surface area (Å²) in [6, 6.07) is 31.2. The molecule has 1 aliphatic rings. The molecule has 0 saturated carbocycles. The maximum absolute atomic E-state index is 14.0. The van der Waals surface area contributed by atoms with Crippen LogP contribution in [0.25, 0.3) is 10.9 Å². The molecule has 1 atom stereocenters. The Hall–Kier alpha value is -5.61. The minimum absolute atomic E-state index is 0.00266. The average Bonchev–Trinajstić information content (AvgIpc) is 3.52. The van der Waals surface area contributed by atoms with Crippen LogP contribution in [0.1, 0.15) is 54.2 Å². The highest BCUT2D eigenvalue weighted by Gasteiger charge is 2.32. The van der Waals surface area contributed by atoms with E-state index in [-0.39, 0.29) is 29.9 Å². The van der Waals surface area contributed by atoms with Crippen LogP contribution in [0.2, 0.25) is 0 Å². The Labute approximate surface area is 279 Å². The molecule has 10 nitrogen and oxygen atoms in total. The van der Waals surface area contributed by atoms with Crippen molar-refractivity contribution in [3.05, 3.63) is 126 Å². The molecule has 1 saturated heterocycles. The molecule has 6 rings (SSSR count). The Balaban J connectivity index is 1.26. The van der Waals surface area contributed by atoms with Crippen molar-refractivity contribution in [2.75, 3.05) is 23.5 Å². The number of aromatic amines is 1. The number of para-hydroxylation sites is 2. The molecule has 1 fully saturated rings. The van der Waals surface area contributed by atoms with Gasteiger partial charge in [0.05, 0.1) is 17.6 Å². The number of hydrogen-bond donors (Lipinski definition) is 4. The Morgan fingerprint density at radius 1 is 0.875 bits per heavy atom. The van der Waals surface area contributed by atoms with E-state index in [0.717, 1.165) is 22.0 Å². The van der Waals surface area contributed by atoms with Crippen molar-refractivity contribution in [2.24, 2.45) is 5.92 Å². The normalized spacial score (nSPS) is 14.4. The fourth-order valence-electron chi connectivity index (χ4n) is 6.15. The maximum Gasteiger partial charge on any atom is 0.319 e. The number of nitrogens with zero attached hydrogens (tertiary/aromatic N) is 2. The van der Waals surface area contributed by atoms with Crippen LogP contribution in [-0.4, -0.2) is 52.0 Å². The van der Waals surface area contributed by atoms with Crippen LogP contribution < -0.4 is 20.5 Å². The fourth-order valence-corrected chi connectivity index (χ4v) is 6.15. The predicted molar refractivity (Wildman–Crippen MR) is 186 cm³/mol. The third-order valence-electron chi connectivity index (χ3n) is 8.54. The van der Waals surface area contributed by atoms with Crippen molar-refractivity contribution in [3.8, 4) is 5.75 Å². The number of carboxylic acids is 1. The molecule has 48 heavy (non-hydrogen) atoms. The Bertz CT molecular complexity index is 1860. The second kappa shape index (κ2) is 14.4. The number of hydrogen-bond acceptors (Lipinski definition) is 5. The summed E-state index contributed by atoms with van der Waals surface area (Å²) in [4.78, 5) is 49.7. The quantitative estimate of drug-likeness (QED) is 0.119. The van der Waals surface area contributed by atoms with E-state index in [0.29, 0.717) is 48.6 Å². The van der Waals surface area contributed by atoms with Crippen LogP contribution in [0.15, 0.2) is 109 Å². The Kier molecular flexibility index (Phi) is 9.73. The van der Waals surface area contributed by atoms with Crippen molar-refractivity contribution in [1.82, 2.24) is 15.2 Å². The average molecular weight is 646 g/mol. The molecule has 0 bridgehead atoms. The summed E-state index contributed by atoms with van der Waals surface area (Å²) < 4.78 is 0. The van der Waals surface area contributed by atoms with Gasteiger partial charge in [0.2, 0.25) is 0 Å². The largest absolute Gasteiger partial charge is 0.481 e. The first kappa shape index (κ1) is 32.3. The first-order chi connectivity index (χ1) is 23.3. The molecule has 1 unspecified atom stereocenters. The van der Waals surface area contributed by atoms with Gasteiger partial charge in [-0.1, -0.05) is 48.5 Å². The van der Waals surface area contributed by atoms with Crippen molar-refractivity contribution in [2.45, 2.75) is 38.8 Å². The number of carboxylic acid groups (broad SMARTS) is 1. The van der Waals surface area contributed by atoms with Gasteiger partial charge in [0.25, 0.3) is 5.91 Å². The van der Waals surface area contributed by atoms with Gasteiger partial charge in [-0.25, -0.2) is 4.79 Å². The lowest BCUT2D eigenvalue weighted by Gasteiger charge is -2.37. The van der Waals surface area contributed by atoms with E-state index in [9.17, 15) is 19.5 Å². The lowest BCUT2D eigenvalue weighted by molar-refractivity contribution is -0.143. The van der Waals surface area contributed by atoms with Gasteiger partial charge in [0.15, 0.2) is 5.75 Å². The number of H-pyrrole nitrogens is 1. The lowest BCUT2D eigenvalue weighted by Crippen LogP contribution is -2.39.